The fourth-order valence-corrected chi connectivity index (χ4v) is 7.95. The first-order valence-electron chi connectivity index (χ1n) is 18.3. The van der Waals surface area contributed by atoms with Gasteiger partial charge in [0.15, 0.2) is 0 Å². The Kier molecular flexibility index (Phi) is 7.55. The molecule has 1 aromatic heterocycles. The monoisotopic (exact) mass is 673 g/mol. The van der Waals surface area contributed by atoms with Gasteiger partial charge in [-0.2, -0.15) is 0 Å². The quantitative estimate of drug-likeness (QED) is 0.155. The zero-order chi connectivity index (χ0) is 35.1. The van der Waals surface area contributed by atoms with Crippen molar-refractivity contribution in [2.45, 2.75) is 0 Å². The summed E-state index contributed by atoms with van der Waals surface area (Å²) in [5.74, 6) is 0. The molecule has 10 aromatic rings. The summed E-state index contributed by atoms with van der Waals surface area (Å²) in [6.07, 6.45) is 2.35. The van der Waals surface area contributed by atoms with Gasteiger partial charge in [-0.3, -0.25) is 0 Å². The summed E-state index contributed by atoms with van der Waals surface area (Å²) in [7, 11) is 0. The Morgan fingerprint density at radius 2 is 0.962 bits per heavy atom. The molecule has 10 rings (SSSR count). The van der Waals surface area contributed by atoms with Crippen molar-refractivity contribution in [3.63, 3.8) is 0 Å². The number of fused-ring (bicyclic) bond motifs is 6. The highest BCUT2D eigenvalue weighted by Gasteiger charge is 2.17. The Hall–Kier alpha value is -6.96. The average molecular weight is 674 g/mol. The van der Waals surface area contributed by atoms with Gasteiger partial charge < -0.3 is 4.57 Å². The molecule has 1 heteroatoms. The molecule has 53 heavy (non-hydrogen) atoms. The van der Waals surface area contributed by atoms with Crippen LogP contribution in [0.15, 0.2) is 206 Å². The SMILES string of the molecule is C(=C(\c1cccc(-c2ccccc2)c1)c1ccc2c(c1)c1c3ccccc3ccc1n2-c1ccccc1)/c1ccc(-c2ccc3ccccc3c2)cc1. The van der Waals surface area contributed by atoms with Crippen LogP contribution in [-0.2, 0) is 0 Å². The fourth-order valence-electron chi connectivity index (χ4n) is 7.95. The van der Waals surface area contributed by atoms with Gasteiger partial charge in [-0.15, -0.1) is 0 Å². The van der Waals surface area contributed by atoms with Gasteiger partial charge in [0.1, 0.15) is 0 Å². The van der Waals surface area contributed by atoms with E-state index in [1.54, 1.807) is 0 Å². The maximum absolute atomic E-state index is 2.41. The normalized spacial score (nSPS) is 11.9. The molecule has 0 unspecified atom stereocenters. The van der Waals surface area contributed by atoms with Gasteiger partial charge in [-0.05, 0) is 115 Å². The molecule has 0 radical (unpaired) electrons. The van der Waals surface area contributed by atoms with Crippen LogP contribution in [0.2, 0.25) is 0 Å². The molecule has 0 fully saturated rings. The molecule has 0 N–H and O–H groups in total. The fraction of sp³-hybridized carbons (Fsp3) is 0. The van der Waals surface area contributed by atoms with E-state index in [0.29, 0.717) is 0 Å². The Morgan fingerprint density at radius 1 is 0.358 bits per heavy atom. The van der Waals surface area contributed by atoms with Crippen molar-refractivity contribution in [2.24, 2.45) is 0 Å². The number of hydrogen-bond acceptors (Lipinski definition) is 0. The third kappa shape index (κ3) is 5.60. The third-order valence-electron chi connectivity index (χ3n) is 10.6. The highest BCUT2D eigenvalue weighted by atomic mass is 15.0. The molecule has 0 spiro atoms. The second-order valence-electron chi connectivity index (χ2n) is 13.8. The van der Waals surface area contributed by atoms with Crippen LogP contribution in [-0.4, -0.2) is 4.57 Å². The van der Waals surface area contributed by atoms with Crippen molar-refractivity contribution in [3.05, 3.63) is 223 Å². The van der Waals surface area contributed by atoms with E-state index < -0.39 is 0 Å². The summed E-state index contributed by atoms with van der Waals surface area (Å²) in [5, 5.41) is 7.55. The minimum absolute atomic E-state index is 1.16. The van der Waals surface area contributed by atoms with Crippen molar-refractivity contribution in [1.29, 1.82) is 0 Å². The van der Waals surface area contributed by atoms with Crippen LogP contribution in [0, 0.1) is 0 Å². The lowest BCUT2D eigenvalue weighted by molar-refractivity contribution is 1.18. The van der Waals surface area contributed by atoms with E-state index in [9.17, 15) is 0 Å². The lowest BCUT2D eigenvalue weighted by Crippen LogP contribution is -1.94. The predicted octanol–water partition coefficient (Wildman–Crippen LogP) is 14.0. The molecule has 0 saturated carbocycles. The molecule has 0 atom stereocenters. The summed E-state index contributed by atoms with van der Waals surface area (Å²) < 4.78 is 2.41. The Morgan fingerprint density at radius 3 is 1.79 bits per heavy atom. The van der Waals surface area contributed by atoms with Gasteiger partial charge >= 0.3 is 0 Å². The largest absolute Gasteiger partial charge is 0.309 e. The van der Waals surface area contributed by atoms with E-state index in [2.05, 4.69) is 217 Å². The van der Waals surface area contributed by atoms with E-state index >= 15 is 0 Å². The van der Waals surface area contributed by atoms with Crippen LogP contribution in [0.5, 0.6) is 0 Å². The summed E-state index contributed by atoms with van der Waals surface area (Å²) in [5.41, 5.74) is 13.1. The standard InChI is InChI=1S/C52H35N/c1-3-12-37(13-4-1)42-17-11-18-44(34-42)48(32-36-22-24-39(25-23-36)43-27-26-38-14-7-8-16-41(38)33-43)45-29-30-50-49(35-45)52-47-21-10-9-15-40(47)28-31-51(52)53(50)46-19-5-2-6-20-46/h1-35H/b48-32-. The molecule has 0 amide bonds. The van der Waals surface area contributed by atoms with Gasteiger partial charge in [0, 0.05) is 16.5 Å². The summed E-state index contributed by atoms with van der Waals surface area (Å²) >= 11 is 0. The van der Waals surface area contributed by atoms with Crippen LogP contribution in [0.25, 0.3) is 82.9 Å². The molecule has 0 aliphatic carbocycles. The van der Waals surface area contributed by atoms with E-state index in [1.807, 2.05) is 0 Å². The van der Waals surface area contributed by atoms with E-state index in [0.717, 1.165) is 11.3 Å². The van der Waals surface area contributed by atoms with Gasteiger partial charge in [0.2, 0.25) is 0 Å². The first-order valence-corrected chi connectivity index (χ1v) is 18.3. The van der Waals surface area contributed by atoms with Crippen molar-refractivity contribution in [3.8, 4) is 27.9 Å². The van der Waals surface area contributed by atoms with Crippen molar-refractivity contribution < 1.29 is 0 Å². The number of benzene rings is 9. The van der Waals surface area contributed by atoms with Crippen LogP contribution < -0.4 is 0 Å². The van der Waals surface area contributed by atoms with Gasteiger partial charge in [0.05, 0.1) is 11.0 Å². The van der Waals surface area contributed by atoms with Crippen molar-refractivity contribution in [1.82, 2.24) is 4.57 Å². The summed E-state index contributed by atoms with van der Waals surface area (Å²) in [4.78, 5) is 0. The smallest absolute Gasteiger partial charge is 0.0547 e. The number of rotatable bonds is 6. The lowest BCUT2D eigenvalue weighted by atomic mass is 9.91. The predicted molar refractivity (Wildman–Crippen MR) is 227 cm³/mol. The summed E-state index contributed by atoms with van der Waals surface area (Å²) in [6.45, 7) is 0. The van der Waals surface area contributed by atoms with E-state index in [-0.39, 0.29) is 0 Å². The van der Waals surface area contributed by atoms with Gasteiger partial charge in [0.25, 0.3) is 0 Å². The number of aromatic nitrogens is 1. The first kappa shape index (κ1) is 30.8. The molecule has 248 valence electrons. The van der Waals surface area contributed by atoms with Crippen LogP contribution in [0.4, 0.5) is 0 Å². The second-order valence-corrected chi connectivity index (χ2v) is 13.8. The maximum Gasteiger partial charge on any atom is 0.0547 e. The topological polar surface area (TPSA) is 4.93 Å². The second kappa shape index (κ2) is 13.0. The highest BCUT2D eigenvalue weighted by molar-refractivity contribution is 6.22. The Balaban J connectivity index is 1.17. The minimum atomic E-state index is 1.16. The van der Waals surface area contributed by atoms with Crippen LogP contribution in [0.1, 0.15) is 16.7 Å². The Labute approximate surface area is 309 Å². The van der Waals surface area contributed by atoms with E-state index in [4.69, 9.17) is 0 Å². The molecule has 0 aliphatic rings. The number of para-hydroxylation sites is 1. The molecular formula is C52H35N. The lowest BCUT2D eigenvalue weighted by Gasteiger charge is -2.13. The van der Waals surface area contributed by atoms with Gasteiger partial charge in [-0.1, -0.05) is 164 Å². The molecule has 0 aliphatic heterocycles. The zero-order valence-corrected chi connectivity index (χ0v) is 29.2. The molecule has 1 heterocycles. The molecule has 0 bridgehead atoms. The minimum Gasteiger partial charge on any atom is -0.309 e. The van der Waals surface area contributed by atoms with Crippen LogP contribution in [0.3, 0.4) is 0 Å². The molecule has 9 aromatic carbocycles. The van der Waals surface area contributed by atoms with Crippen LogP contribution >= 0.6 is 0 Å². The third-order valence-corrected chi connectivity index (χ3v) is 10.6. The maximum atomic E-state index is 2.41. The number of nitrogens with zero attached hydrogens (tertiary/aromatic N) is 1. The molecular weight excluding hydrogens is 639 g/mol. The Bertz CT molecular complexity index is 2970. The molecule has 0 saturated heterocycles. The number of hydrogen-bond donors (Lipinski definition) is 0. The van der Waals surface area contributed by atoms with E-state index in [1.165, 1.54) is 82.3 Å². The van der Waals surface area contributed by atoms with Crippen molar-refractivity contribution in [2.75, 3.05) is 0 Å². The summed E-state index contributed by atoms with van der Waals surface area (Å²) in [6, 6.07) is 74.9. The van der Waals surface area contributed by atoms with Crippen molar-refractivity contribution >= 4 is 55.0 Å². The average Bonchev–Trinajstić information content (AvgIpc) is 3.58. The molecule has 1 nitrogen and oxygen atoms in total. The zero-order valence-electron chi connectivity index (χ0n) is 29.2. The highest BCUT2D eigenvalue weighted by Crippen LogP contribution is 2.40. The van der Waals surface area contributed by atoms with Gasteiger partial charge in [-0.25, -0.2) is 0 Å². The first-order chi connectivity index (χ1) is 26.3.